The highest BCUT2D eigenvalue weighted by molar-refractivity contribution is 6.42. The van der Waals surface area contributed by atoms with Crippen molar-refractivity contribution < 1.29 is 14.3 Å². The summed E-state index contributed by atoms with van der Waals surface area (Å²) in [5.74, 6) is -0.795. The van der Waals surface area contributed by atoms with Gasteiger partial charge in [-0.1, -0.05) is 47.5 Å². The van der Waals surface area contributed by atoms with Gasteiger partial charge < -0.3 is 10.1 Å². The first-order valence-corrected chi connectivity index (χ1v) is 9.50. The van der Waals surface area contributed by atoms with Crippen LogP contribution in [0.5, 0.6) is 0 Å². The van der Waals surface area contributed by atoms with Crippen LogP contribution in [0, 0.1) is 0 Å². The number of anilines is 1. The van der Waals surface area contributed by atoms with Gasteiger partial charge in [0.05, 0.1) is 28.5 Å². The van der Waals surface area contributed by atoms with Crippen molar-refractivity contribution in [2.24, 2.45) is 0 Å². The number of ether oxygens (including phenoxy) is 1. The lowest BCUT2D eigenvalue weighted by Crippen LogP contribution is -2.16. The summed E-state index contributed by atoms with van der Waals surface area (Å²) in [6, 6.07) is 14.2. The number of benzene rings is 2. The smallest absolute Gasteiger partial charge is 0.343 e. The van der Waals surface area contributed by atoms with Crippen molar-refractivity contribution in [1.29, 1.82) is 0 Å². The van der Waals surface area contributed by atoms with Crippen LogP contribution in [0.1, 0.15) is 22.8 Å². The maximum atomic E-state index is 12.5. The van der Waals surface area contributed by atoms with Crippen LogP contribution >= 0.6 is 23.2 Å². The van der Waals surface area contributed by atoms with E-state index in [1.165, 1.54) is 17.0 Å². The first kappa shape index (κ1) is 20.6. The molecule has 0 bridgehead atoms. The Kier molecular flexibility index (Phi) is 6.69. The molecule has 0 atom stereocenters. The quantitative estimate of drug-likeness (QED) is 0.441. The third-order valence-electron chi connectivity index (χ3n) is 3.88. The summed E-state index contributed by atoms with van der Waals surface area (Å²) in [5.41, 5.74) is 1.55. The predicted octanol–water partition coefficient (Wildman–Crippen LogP) is 5.01. The lowest BCUT2D eigenvalue weighted by atomic mass is 10.2. The highest BCUT2D eigenvalue weighted by Gasteiger charge is 2.20. The van der Waals surface area contributed by atoms with Gasteiger partial charge in [-0.15, -0.1) is 0 Å². The van der Waals surface area contributed by atoms with E-state index in [2.05, 4.69) is 10.4 Å². The van der Waals surface area contributed by atoms with Crippen molar-refractivity contribution in [3.05, 3.63) is 82.0 Å². The van der Waals surface area contributed by atoms with Gasteiger partial charge in [0.1, 0.15) is 5.56 Å². The molecule has 29 heavy (non-hydrogen) atoms. The Balaban J connectivity index is 1.88. The SMILES string of the molecule is CCOC(=O)c1cnn(-c2ccccc2)c1NC(=O)C=Cc1ccc(Cl)c(Cl)c1. The zero-order valence-corrected chi connectivity index (χ0v) is 16.9. The number of hydrogen-bond acceptors (Lipinski definition) is 4. The molecule has 148 valence electrons. The Bertz CT molecular complexity index is 1060. The number of amides is 1. The average Bonchev–Trinajstić information content (AvgIpc) is 3.13. The van der Waals surface area contributed by atoms with Gasteiger partial charge in [-0.25, -0.2) is 9.48 Å². The second-order valence-electron chi connectivity index (χ2n) is 5.87. The van der Waals surface area contributed by atoms with E-state index in [-0.39, 0.29) is 18.0 Å². The molecular weight excluding hydrogens is 413 g/mol. The molecule has 0 aliphatic heterocycles. The minimum absolute atomic E-state index is 0.159. The summed E-state index contributed by atoms with van der Waals surface area (Å²) >= 11 is 11.9. The first-order chi connectivity index (χ1) is 14.0. The van der Waals surface area contributed by atoms with Gasteiger partial charge >= 0.3 is 5.97 Å². The van der Waals surface area contributed by atoms with Gasteiger partial charge in [0.15, 0.2) is 5.82 Å². The maximum absolute atomic E-state index is 12.5. The van der Waals surface area contributed by atoms with Crippen LogP contribution in [-0.2, 0) is 9.53 Å². The number of carbonyl (C=O) groups is 2. The summed E-state index contributed by atoms with van der Waals surface area (Å²) in [6.07, 6.45) is 4.28. The lowest BCUT2D eigenvalue weighted by molar-refractivity contribution is -0.111. The molecule has 8 heteroatoms. The maximum Gasteiger partial charge on any atom is 0.343 e. The number of para-hydroxylation sites is 1. The van der Waals surface area contributed by atoms with Crippen molar-refractivity contribution in [2.75, 3.05) is 11.9 Å². The molecule has 3 rings (SSSR count). The predicted molar refractivity (Wildman–Crippen MR) is 114 cm³/mol. The number of carbonyl (C=O) groups excluding carboxylic acids is 2. The average molecular weight is 430 g/mol. The van der Waals surface area contributed by atoms with Gasteiger partial charge in [-0.3, -0.25) is 4.79 Å². The van der Waals surface area contributed by atoms with Gasteiger partial charge in [0, 0.05) is 6.08 Å². The summed E-state index contributed by atoms with van der Waals surface area (Å²) in [6.45, 7) is 1.91. The molecule has 1 heterocycles. The van der Waals surface area contributed by atoms with Crippen LogP contribution in [0.3, 0.4) is 0 Å². The van der Waals surface area contributed by atoms with Crippen LogP contribution < -0.4 is 5.32 Å². The van der Waals surface area contributed by atoms with E-state index in [4.69, 9.17) is 27.9 Å². The third-order valence-corrected chi connectivity index (χ3v) is 4.62. The zero-order chi connectivity index (χ0) is 20.8. The number of nitrogens with zero attached hydrogens (tertiary/aromatic N) is 2. The third kappa shape index (κ3) is 5.04. The Hall–Kier alpha value is -3.09. The van der Waals surface area contributed by atoms with Crippen molar-refractivity contribution >= 4 is 47.0 Å². The topological polar surface area (TPSA) is 73.2 Å². The number of nitrogens with one attached hydrogen (secondary N) is 1. The van der Waals surface area contributed by atoms with E-state index in [0.717, 1.165) is 0 Å². The standard InChI is InChI=1S/C21H17Cl2N3O3/c1-2-29-21(28)16-13-24-26(15-6-4-3-5-7-15)20(16)25-19(27)11-9-14-8-10-17(22)18(23)12-14/h3-13H,2H2,1H3,(H,25,27). The van der Waals surface area contributed by atoms with Crippen molar-refractivity contribution in [3.63, 3.8) is 0 Å². The molecule has 1 amide bonds. The van der Waals surface area contributed by atoms with Crippen LogP contribution in [0.15, 0.2) is 60.8 Å². The molecule has 0 saturated carbocycles. The van der Waals surface area contributed by atoms with E-state index in [1.807, 2.05) is 30.3 Å². The van der Waals surface area contributed by atoms with Crippen molar-refractivity contribution in [3.8, 4) is 5.69 Å². The van der Waals surface area contributed by atoms with E-state index >= 15 is 0 Å². The molecule has 3 aromatic rings. The highest BCUT2D eigenvalue weighted by Crippen LogP contribution is 2.24. The van der Waals surface area contributed by atoms with Crippen molar-refractivity contribution in [1.82, 2.24) is 9.78 Å². The zero-order valence-electron chi connectivity index (χ0n) is 15.4. The summed E-state index contributed by atoms with van der Waals surface area (Å²) in [7, 11) is 0. The molecule has 0 aliphatic carbocycles. The van der Waals surface area contributed by atoms with Gasteiger partial charge in [-0.05, 0) is 42.8 Å². The molecule has 2 aromatic carbocycles. The van der Waals surface area contributed by atoms with E-state index < -0.39 is 11.9 Å². The van der Waals surface area contributed by atoms with E-state index in [1.54, 1.807) is 31.2 Å². The summed E-state index contributed by atoms with van der Waals surface area (Å²) in [4.78, 5) is 24.8. The van der Waals surface area contributed by atoms with Crippen LogP contribution in [0.25, 0.3) is 11.8 Å². The second-order valence-corrected chi connectivity index (χ2v) is 6.69. The molecule has 6 nitrogen and oxygen atoms in total. The van der Waals surface area contributed by atoms with Gasteiger partial charge in [-0.2, -0.15) is 5.10 Å². The fourth-order valence-corrected chi connectivity index (χ4v) is 2.84. The monoisotopic (exact) mass is 429 g/mol. The minimum atomic E-state index is -0.571. The molecule has 0 fully saturated rings. The normalized spacial score (nSPS) is 10.9. The number of rotatable bonds is 6. The number of hydrogen-bond donors (Lipinski definition) is 1. The molecule has 1 N–H and O–H groups in total. The fourth-order valence-electron chi connectivity index (χ4n) is 2.54. The molecule has 0 spiro atoms. The highest BCUT2D eigenvalue weighted by atomic mass is 35.5. The molecule has 1 aromatic heterocycles. The molecule has 0 aliphatic rings. The fraction of sp³-hybridized carbons (Fsp3) is 0.0952. The molecule has 0 saturated heterocycles. The van der Waals surface area contributed by atoms with Crippen molar-refractivity contribution in [2.45, 2.75) is 6.92 Å². The van der Waals surface area contributed by atoms with E-state index in [9.17, 15) is 9.59 Å². The van der Waals surface area contributed by atoms with E-state index in [0.29, 0.717) is 21.3 Å². The summed E-state index contributed by atoms with van der Waals surface area (Å²) < 4.78 is 6.53. The number of esters is 1. The van der Waals surface area contributed by atoms with Crippen LogP contribution in [0.4, 0.5) is 5.82 Å². The number of aromatic nitrogens is 2. The Labute approximate surface area is 177 Å². The van der Waals surface area contributed by atoms with Gasteiger partial charge in [0.2, 0.25) is 5.91 Å². The Morgan fingerprint density at radius 2 is 1.90 bits per heavy atom. The first-order valence-electron chi connectivity index (χ1n) is 8.74. The van der Waals surface area contributed by atoms with Crippen LogP contribution in [0.2, 0.25) is 10.0 Å². The minimum Gasteiger partial charge on any atom is -0.462 e. The largest absolute Gasteiger partial charge is 0.462 e. The number of halogens is 2. The van der Waals surface area contributed by atoms with Crippen LogP contribution in [-0.4, -0.2) is 28.3 Å². The lowest BCUT2D eigenvalue weighted by Gasteiger charge is -2.10. The second kappa shape index (κ2) is 9.41. The molecule has 0 unspecified atom stereocenters. The Morgan fingerprint density at radius 3 is 2.59 bits per heavy atom. The van der Waals surface area contributed by atoms with Gasteiger partial charge in [0.25, 0.3) is 0 Å². The Morgan fingerprint density at radius 1 is 1.14 bits per heavy atom. The molecular formula is C21H17Cl2N3O3. The summed E-state index contributed by atoms with van der Waals surface area (Å²) in [5, 5.41) is 7.75. The molecule has 0 radical (unpaired) electrons.